The Morgan fingerprint density at radius 1 is 1.07 bits per heavy atom. The van der Waals surface area contributed by atoms with Crippen molar-refractivity contribution in [2.75, 3.05) is 33.4 Å². The average molecular weight is 405 g/mol. The topological polar surface area (TPSA) is 42.5 Å². The standard InChI is InChI=1S/C23H33ClN2O2/c1-4-13-28-23(20-6-5-7-21(24)16-20)17-26-18(2)15-19-8-10-22(11-9-19)27-14-12-25-3/h5-11,16,18,23,25-26H,4,12-15,17H2,1-3H3. The molecule has 2 atom stereocenters. The molecule has 0 bridgehead atoms. The maximum absolute atomic E-state index is 6.16. The van der Waals surface area contributed by atoms with Crippen LogP contribution in [0.1, 0.15) is 37.5 Å². The molecule has 0 saturated carbocycles. The molecule has 0 fully saturated rings. The molecule has 2 unspecified atom stereocenters. The Morgan fingerprint density at radius 2 is 1.86 bits per heavy atom. The van der Waals surface area contributed by atoms with E-state index in [1.165, 1.54) is 5.56 Å². The van der Waals surface area contributed by atoms with Gasteiger partial charge in [-0.05, 0) is 62.2 Å². The minimum Gasteiger partial charge on any atom is -0.492 e. The highest BCUT2D eigenvalue weighted by Gasteiger charge is 2.14. The molecule has 0 heterocycles. The quantitative estimate of drug-likeness (QED) is 0.478. The smallest absolute Gasteiger partial charge is 0.119 e. The van der Waals surface area contributed by atoms with Gasteiger partial charge in [0.05, 0.1) is 6.10 Å². The van der Waals surface area contributed by atoms with Crippen LogP contribution in [0, 0.1) is 0 Å². The number of halogens is 1. The number of benzene rings is 2. The fourth-order valence-electron chi connectivity index (χ4n) is 2.97. The SMILES string of the molecule is CCCOC(CNC(C)Cc1ccc(OCCNC)cc1)c1cccc(Cl)c1. The normalized spacial score (nSPS) is 13.3. The first-order chi connectivity index (χ1) is 13.6. The van der Waals surface area contributed by atoms with Gasteiger partial charge in [0.2, 0.25) is 0 Å². The van der Waals surface area contributed by atoms with Crippen LogP contribution in [0.2, 0.25) is 5.02 Å². The predicted molar refractivity (Wildman–Crippen MR) is 117 cm³/mol. The van der Waals surface area contributed by atoms with Gasteiger partial charge in [-0.15, -0.1) is 0 Å². The minimum atomic E-state index is 0.00375. The van der Waals surface area contributed by atoms with E-state index >= 15 is 0 Å². The van der Waals surface area contributed by atoms with Gasteiger partial charge in [0.25, 0.3) is 0 Å². The van der Waals surface area contributed by atoms with Crippen LogP contribution in [0.4, 0.5) is 0 Å². The molecule has 28 heavy (non-hydrogen) atoms. The highest BCUT2D eigenvalue weighted by molar-refractivity contribution is 6.30. The molecule has 0 spiro atoms. The molecule has 0 aliphatic carbocycles. The van der Waals surface area contributed by atoms with E-state index in [-0.39, 0.29) is 6.10 Å². The first kappa shape index (κ1) is 22.7. The molecular weight excluding hydrogens is 372 g/mol. The van der Waals surface area contributed by atoms with Gasteiger partial charge in [0, 0.05) is 30.8 Å². The van der Waals surface area contributed by atoms with Crippen LogP contribution in [-0.4, -0.2) is 39.4 Å². The first-order valence-corrected chi connectivity index (χ1v) is 10.5. The largest absolute Gasteiger partial charge is 0.492 e. The van der Waals surface area contributed by atoms with Gasteiger partial charge >= 0.3 is 0 Å². The third-order valence-electron chi connectivity index (χ3n) is 4.48. The molecular formula is C23H33ClN2O2. The monoisotopic (exact) mass is 404 g/mol. The van der Waals surface area contributed by atoms with Crippen LogP contribution < -0.4 is 15.4 Å². The molecule has 0 saturated heterocycles. The van der Waals surface area contributed by atoms with Crippen molar-refractivity contribution in [2.24, 2.45) is 0 Å². The van der Waals surface area contributed by atoms with Gasteiger partial charge in [-0.2, -0.15) is 0 Å². The summed E-state index contributed by atoms with van der Waals surface area (Å²) in [7, 11) is 1.92. The van der Waals surface area contributed by atoms with E-state index in [1.54, 1.807) is 0 Å². The number of hydrogen-bond donors (Lipinski definition) is 2. The molecule has 0 aromatic heterocycles. The number of ether oxygens (including phenoxy) is 2. The van der Waals surface area contributed by atoms with Crippen LogP contribution in [-0.2, 0) is 11.2 Å². The molecule has 154 valence electrons. The van der Waals surface area contributed by atoms with Crippen LogP contribution in [0.15, 0.2) is 48.5 Å². The zero-order valence-electron chi connectivity index (χ0n) is 17.2. The second kappa shape index (κ2) is 12.8. The van der Waals surface area contributed by atoms with Crippen LogP contribution in [0.25, 0.3) is 0 Å². The van der Waals surface area contributed by atoms with E-state index < -0.39 is 0 Å². The van der Waals surface area contributed by atoms with Gasteiger partial charge in [-0.1, -0.05) is 42.8 Å². The molecule has 2 N–H and O–H groups in total. The van der Waals surface area contributed by atoms with Gasteiger partial charge in [0.15, 0.2) is 0 Å². The summed E-state index contributed by atoms with van der Waals surface area (Å²) in [6.45, 7) is 7.34. The van der Waals surface area contributed by atoms with E-state index in [2.05, 4.69) is 42.7 Å². The summed E-state index contributed by atoms with van der Waals surface area (Å²) in [5, 5.41) is 7.43. The average Bonchev–Trinajstić information content (AvgIpc) is 2.69. The lowest BCUT2D eigenvalue weighted by atomic mass is 10.1. The van der Waals surface area contributed by atoms with E-state index in [4.69, 9.17) is 21.1 Å². The fraction of sp³-hybridized carbons (Fsp3) is 0.478. The summed E-state index contributed by atoms with van der Waals surface area (Å²) in [4.78, 5) is 0. The molecule has 2 aromatic rings. The lowest BCUT2D eigenvalue weighted by Gasteiger charge is -2.22. The second-order valence-corrected chi connectivity index (χ2v) is 7.46. The van der Waals surface area contributed by atoms with Crippen molar-refractivity contribution >= 4 is 11.6 Å². The van der Waals surface area contributed by atoms with Crippen molar-refractivity contribution in [3.05, 3.63) is 64.7 Å². The summed E-state index contributed by atoms with van der Waals surface area (Å²) in [6, 6.07) is 16.6. The van der Waals surface area contributed by atoms with Gasteiger partial charge in [-0.25, -0.2) is 0 Å². The fourth-order valence-corrected chi connectivity index (χ4v) is 3.17. The summed E-state index contributed by atoms with van der Waals surface area (Å²) in [5.41, 5.74) is 2.40. The number of rotatable bonds is 13. The van der Waals surface area contributed by atoms with E-state index in [9.17, 15) is 0 Å². The van der Waals surface area contributed by atoms with Crippen LogP contribution >= 0.6 is 11.6 Å². The summed E-state index contributed by atoms with van der Waals surface area (Å²) in [6.07, 6.45) is 1.95. The highest BCUT2D eigenvalue weighted by Crippen LogP contribution is 2.21. The zero-order chi connectivity index (χ0) is 20.2. The third kappa shape index (κ3) is 8.19. The Hall–Kier alpha value is -1.59. The molecule has 0 aliphatic rings. The molecule has 0 aliphatic heterocycles. The second-order valence-electron chi connectivity index (χ2n) is 7.02. The number of nitrogens with one attached hydrogen (secondary N) is 2. The molecule has 4 nitrogen and oxygen atoms in total. The Balaban J connectivity index is 1.85. The molecule has 0 amide bonds. The lowest BCUT2D eigenvalue weighted by molar-refractivity contribution is 0.0513. The lowest BCUT2D eigenvalue weighted by Crippen LogP contribution is -2.33. The van der Waals surface area contributed by atoms with Crippen molar-refractivity contribution < 1.29 is 9.47 Å². The minimum absolute atomic E-state index is 0.00375. The predicted octanol–water partition coefficient (Wildman–Crippen LogP) is 4.63. The Kier molecular flexibility index (Phi) is 10.4. The summed E-state index contributed by atoms with van der Waals surface area (Å²) in [5.74, 6) is 0.911. The molecule has 2 aromatic carbocycles. The Bertz CT molecular complexity index is 679. The van der Waals surface area contributed by atoms with E-state index in [0.29, 0.717) is 12.6 Å². The molecule has 0 radical (unpaired) electrons. The van der Waals surface area contributed by atoms with Crippen molar-refractivity contribution in [2.45, 2.75) is 38.8 Å². The summed E-state index contributed by atoms with van der Waals surface area (Å²) >= 11 is 6.16. The maximum atomic E-state index is 6.16. The number of likely N-dealkylation sites (N-methyl/N-ethyl adjacent to an activating group) is 1. The van der Waals surface area contributed by atoms with E-state index in [1.807, 2.05) is 37.4 Å². The van der Waals surface area contributed by atoms with Gasteiger partial charge < -0.3 is 20.1 Å². The van der Waals surface area contributed by atoms with Crippen molar-refractivity contribution in [3.63, 3.8) is 0 Å². The van der Waals surface area contributed by atoms with Gasteiger partial charge in [0.1, 0.15) is 12.4 Å². The Morgan fingerprint density at radius 3 is 2.54 bits per heavy atom. The number of hydrogen-bond acceptors (Lipinski definition) is 4. The first-order valence-electron chi connectivity index (χ1n) is 10.1. The summed E-state index contributed by atoms with van der Waals surface area (Å²) < 4.78 is 11.7. The van der Waals surface area contributed by atoms with Crippen LogP contribution in [0.3, 0.4) is 0 Å². The highest BCUT2D eigenvalue weighted by atomic mass is 35.5. The van der Waals surface area contributed by atoms with Crippen molar-refractivity contribution in [1.29, 1.82) is 0 Å². The molecule has 5 heteroatoms. The Labute approximate surface area is 174 Å². The third-order valence-corrected chi connectivity index (χ3v) is 4.72. The van der Waals surface area contributed by atoms with E-state index in [0.717, 1.165) is 48.9 Å². The van der Waals surface area contributed by atoms with Gasteiger partial charge in [-0.3, -0.25) is 0 Å². The zero-order valence-corrected chi connectivity index (χ0v) is 18.0. The van der Waals surface area contributed by atoms with Crippen molar-refractivity contribution in [1.82, 2.24) is 10.6 Å². The molecule has 2 rings (SSSR count). The van der Waals surface area contributed by atoms with Crippen LogP contribution in [0.5, 0.6) is 5.75 Å². The van der Waals surface area contributed by atoms with Crippen molar-refractivity contribution in [3.8, 4) is 5.75 Å². The maximum Gasteiger partial charge on any atom is 0.119 e.